The minimum atomic E-state index is 0. The van der Waals surface area contributed by atoms with Crippen molar-refractivity contribution in [3.63, 3.8) is 0 Å². The van der Waals surface area contributed by atoms with Crippen molar-refractivity contribution in [2.24, 2.45) is 5.92 Å². The number of aliphatic hydroxyl groups is 3. The SMILES string of the molecule is CCO.CCO.CCO.[CH2-]CC1CCC2OC2C1.[Ti]. The molecule has 5 heteroatoms. The zero-order chi connectivity index (χ0) is 14.4. The van der Waals surface area contributed by atoms with E-state index in [0.717, 1.165) is 12.3 Å². The largest absolute Gasteiger partial charge is 0.397 e. The van der Waals surface area contributed by atoms with Gasteiger partial charge in [-0.2, -0.15) is 6.42 Å². The topological polar surface area (TPSA) is 73.2 Å². The maximum Gasteiger partial charge on any atom is 0.0843 e. The van der Waals surface area contributed by atoms with E-state index in [1.165, 1.54) is 19.3 Å². The summed E-state index contributed by atoms with van der Waals surface area (Å²) in [5.41, 5.74) is 0. The predicted octanol–water partition coefficient (Wildman–Crippen LogP) is 1.77. The molecule has 1 aliphatic heterocycles. The van der Waals surface area contributed by atoms with Gasteiger partial charge in [0.2, 0.25) is 0 Å². The first kappa shape index (κ1) is 24.6. The van der Waals surface area contributed by atoms with Crippen LogP contribution < -0.4 is 0 Å². The van der Waals surface area contributed by atoms with Crippen molar-refractivity contribution in [1.29, 1.82) is 0 Å². The van der Waals surface area contributed by atoms with Gasteiger partial charge >= 0.3 is 0 Å². The van der Waals surface area contributed by atoms with Crippen molar-refractivity contribution < 1.29 is 41.8 Å². The Bertz CT molecular complexity index is 154. The first-order chi connectivity index (χ1) is 8.64. The third kappa shape index (κ3) is 16.5. The van der Waals surface area contributed by atoms with E-state index in [1.807, 2.05) is 0 Å². The van der Waals surface area contributed by atoms with Gasteiger partial charge in [0.25, 0.3) is 0 Å². The fourth-order valence-electron chi connectivity index (χ4n) is 1.75. The summed E-state index contributed by atoms with van der Waals surface area (Å²) in [6.45, 7) is 9.70. The minimum absolute atomic E-state index is 0. The Balaban J connectivity index is -0.000000220. The fraction of sp³-hybridized carbons (Fsp3) is 0.929. The Labute approximate surface area is 133 Å². The number of fused-ring (bicyclic) bond motifs is 1. The smallest absolute Gasteiger partial charge is 0.0843 e. The number of aliphatic hydroxyl groups excluding tert-OH is 3. The van der Waals surface area contributed by atoms with Crippen LogP contribution in [-0.4, -0.2) is 47.3 Å². The normalized spacial score (nSPS) is 25.7. The van der Waals surface area contributed by atoms with Crippen molar-refractivity contribution in [1.82, 2.24) is 0 Å². The zero-order valence-electron chi connectivity index (χ0n) is 12.6. The molecular weight excluding hydrogens is 280 g/mol. The average molecular weight is 311 g/mol. The van der Waals surface area contributed by atoms with E-state index < -0.39 is 0 Å². The summed E-state index contributed by atoms with van der Waals surface area (Å²) in [5, 5.41) is 22.7. The monoisotopic (exact) mass is 311 g/mol. The van der Waals surface area contributed by atoms with E-state index in [9.17, 15) is 0 Å². The molecule has 3 atom stereocenters. The van der Waals surface area contributed by atoms with Crippen LogP contribution in [0.25, 0.3) is 0 Å². The first-order valence-electron chi connectivity index (χ1n) is 6.92. The van der Waals surface area contributed by atoms with Crippen LogP contribution in [-0.2, 0) is 26.5 Å². The van der Waals surface area contributed by atoms with Crippen molar-refractivity contribution in [3.05, 3.63) is 6.92 Å². The van der Waals surface area contributed by atoms with E-state index in [-0.39, 0.29) is 41.5 Å². The molecule has 0 radical (unpaired) electrons. The number of epoxide rings is 1. The van der Waals surface area contributed by atoms with Crippen LogP contribution in [0, 0.1) is 12.8 Å². The van der Waals surface area contributed by atoms with E-state index in [0.29, 0.717) is 12.2 Å². The number of ether oxygens (including phenoxy) is 1. The van der Waals surface area contributed by atoms with Gasteiger partial charge in [-0.05, 0) is 33.6 Å². The van der Waals surface area contributed by atoms with Gasteiger partial charge in [-0.25, -0.2) is 0 Å². The quantitative estimate of drug-likeness (QED) is 0.392. The molecule has 4 nitrogen and oxygen atoms in total. The molecule has 3 unspecified atom stereocenters. The van der Waals surface area contributed by atoms with Gasteiger partial charge < -0.3 is 27.0 Å². The third-order valence-corrected chi connectivity index (χ3v) is 2.52. The molecule has 0 amide bonds. The Morgan fingerprint density at radius 2 is 1.37 bits per heavy atom. The van der Waals surface area contributed by atoms with Gasteiger partial charge in [0, 0.05) is 41.5 Å². The number of hydrogen-bond donors (Lipinski definition) is 3. The summed E-state index contributed by atoms with van der Waals surface area (Å²) in [7, 11) is 0. The number of hydrogen-bond acceptors (Lipinski definition) is 4. The maximum absolute atomic E-state index is 7.57. The van der Waals surface area contributed by atoms with Gasteiger partial charge in [0.05, 0.1) is 12.2 Å². The predicted molar refractivity (Wildman–Crippen MR) is 74.3 cm³/mol. The summed E-state index contributed by atoms with van der Waals surface area (Å²) >= 11 is 0. The number of rotatable bonds is 1. The van der Waals surface area contributed by atoms with Crippen molar-refractivity contribution in [2.45, 2.75) is 58.7 Å². The van der Waals surface area contributed by atoms with Gasteiger partial charge in [0.1, 0.15) is 0 Å². The zero-order valence-corrected chi connectivity index (χ0v) is 14.2. The molecular formula is C14H31O4Ti-. The van der Waals surface area contributed by atoms with Gasteiger partial charge in [-0.3, -0.25) is 0 Å². The van der Waals surface area contributed by atoms with Crippen LogP contribution in [0.1, 0.15) is 46.5 Å². The molecule has 0 spiro atoms. The Kier molecular flexibility index (Phi) is 24.0. The van der Waals surface area contributed by atoms with E-state index in [2.05, 4.69) is 6.92 Å². The van der Waals surface area contributed by atoms with Crippen LogP contribution in [0.4, 0.5) is 0 Å². The Morgan fingerprint density at radius 1 is 0.947 bits per heavy atom. The summed E-state index contributed by atoms with van der Waals surface area (Å²) in [6.07, 6.45) is 6.34. The Hall–Kier alpha value is 0.554. The second-order valence-corrected chi connectivity index (χ2v) is 4.13. The molecule has 0 aromatic rings. The Morgan fingerprint density at radius 3 is 1.68 bits per heavy atom. The van der Waals surface area contributed by atoms with Crippen LogP contribution in [0.5, 0.6) is 0 Å². The van der Waals surface area contributed by atoms with Crippen LogP contribution in [0.2, 0.25) is 0 Å². The molecule has 1 saturated carbocycles. The molecule has 1 aliphatic carbocycles. The molecule has 2 rings (SSSR count). The molecule has 2 aliphatic rings. The maximum atomic E-state index is 7.57. The molecule has 0 aromatic carbocycles. The van der Waals surface area contributed by atoms with Crippen LogP contribution >= 0.6 is 0 Å². The van der Waals surface area contributed by atoms with Crippen LogP contribution in [0.15, 0.2) is 0 Å². The summed E-state index contributed by atoms with van der Waals surface area (Å²) in [4.78, 5) is 0. The molecule has 2 fully saturated rings. The molecule has 1 heterocycles. The van der Waals surface area contributed by atoms with Crippen LogP contribution in [0.3, 0.4) is 0 Å². The molecule has 0 aromatic heterocycles. The second-order valence-electron chi connectivity index (χ2n) is 4.13. The summed E-state index contributed by atoms with van der Waals surface area (Å²) in [6, 6.07) is 0. The van der Waals surface area contributed by atoms with E-state index in [1.54, 1.807) is 20.8 Å². The minimum Gasteiger partial charge on any atom is -0.397 e. The van der Waals surface area contributed by atoms with Gasteiger partial charge in [-0.1, -0.05) is 12.3 Å². The summed E-state index contributed by atoms with van der Waals surface area (Å²) in [5.74, 6) is 0.869. The molecule has 3 N–H and O–H groups in total. The second kappa shape index (κ2) is 18.6. The molecule has 1 saturated heterocycles. The molecule has 116 valence electrons. The van der Waals surface area contributed by atoms with E-state index >= 15 is 0 Å². The van der Waals surface area contributed by atoms with Gasteiger partial charge in [-0.15, -0.1) is 0 Å². The van der Waals surface area contributed by atoms with E-state index in [4.69, 9.17) is 20.1 Å². The standard InChI is InChI=1S/C8H13O.3C2H6O.Ti/c1-2-6-3-4-7-8(5-6)9-7;3*1-2-3;/h6-8H,1-5H2;3*3H,2H2,1H3;/q-1;;;;. The molecule has 0 bridgehead atoms. The average Bonchev–Trinajstić information content (AvgIpc) is 3.10. The fourth-order valence-corrected chi connectivity index (χ4v) is 1.75. The molecule has 19 heavy (non-hydrogen) atoms. The third-order valence-electron chi connectivity index (χ3n) is 2.52. The van der Waals surface area contributed by atoms with Gasteiger partial charge in [0.15, 0.2) is 0 Å². The summed E-state index contributed by atoms with van der Waals surface area (Å²) < 4.78 is 5.38. The first-order valence-corrected chi connectivity index (χ1v) is 6.92. The van der Waals surface area contributed by atoms with Crippen molar-refractivity contribution >= 4 is 0 Å². The van der Waals surface area contributed by atoms with Crippen molar-refractivity contribution in [2.75, 3.05) is 19.8 Å². The van der Waals surface area contributed by atoms with Crippen molar-refractivity contribution in [3.8, 4) is 0 Å².